The van der Waals surface area contributed by atoms with E-state index in [1.807, 2.05) is 7.05 Å². The quantitative estimate of drug-likeness (QED) is 0.789. The Kier molecular flexibility index (Phi) is 2.36. The van der Waals surface area contributed by atoms with Gasteiger partial charge < -0.3 is 20.1 Å². The van der Waals surface area contributed by atoms with Gasteiger partial charge in [0, 0.05) is 24.3 Å². The molecule has 0 aromatic heterocycles. The number of aryl methyl sites for hydroxylation is 1. The number of hydrogen-bond donors (Lipinski definition) is 2. The van der Waals surface area contributed by atoms with Crippen LogP contribution >= 0.6 is 0 Å². The van der Waals surface area contributed by atoms with Gasteiger partial charge in [0.2, 0.25) is 6.79 Å². The maximum absolute atomic E-state index is 5.38. The van der Waals surface area contributed by atoms with Gasteiger partial charge in [0.25, 0.3) is 0 Å². The lowest BCUT2D eigenvalue weighted by Gasteiger charge is -2.27. The Bertz CT molecular complexity index is 406. The summed E-state index contributed by atoms with van der Waals surface area (Å²) in [6.07, 6.45) is 2.26. The summed E-state index contributed by atoms with van der Waals surface area (Å²) in [6, 6.07) is 4.66. The van der Waals surface area contributed by atoms with Crippen molar-refractivity contribution in [1.82, 2.24) is 5.32 Å². The molecule has 1 atom stereocenters. The third-order valence-corrected chi connectivity index (χ3v) is 3.17. The van der Waals surface area contributed by atoms with Crippen LogP contribution in [0.4, 0.5) is 5.69 Å². The lowest BCUT2D eigenvalue weighted by Crippen LogP contribution is -2.34. The van der Waals surface area contributed by atoms with E-state index in [0.717, 1.165) is 30.9 Å². The van der Waals surface area contributed by atoms with E-state index >= 15 is 0 Å². The van der Waals surface area contributed by atoms with Crippen molar-refractivity contribution in [1.29, 1.82) is 0 Å². The van der Waals surface area contributed by atoms with Gasteiger partial charge in [-0.05, 0) is 31.5 Å². The van der Waals surface area contributed by atoms with Crippen LogP contribution < -0.4 is 20.1 Å². The van der Waals surface area contributed by atoms with Crippen molar-refractivity contribution in [3.63, 3.8) is 0 Å². The lowest BCUT2D eigenvalue weighted by molar-refractivity contribution is 0.174. The molecule has 0 fully saturated rings. The zero-order chi connectivity index (χ0) is 11.0. The van der Waals surface area contributed by atoms with Gasteiger partial charge in [-0.1, -0.05) is 0 Å². The Morgan fingerprint density at radius 3 is 3.00 bits per heavy atom. The second-order valence-corrected chi connectivity index (χ2v) is 4.30. The predicted molar refractivity (Wildman–Crippen MR) is 62.2 cm³/mol. The zero-order valence-corrected chi connectivity index (χ0v) is 9.38. The highest BCUT2D eigenvalue weighted by atomic mass is 16.7. The Morgan fingerprint density at radius 2 is 2.19 bits per heavy atom. The van der Waals surface area contributed by atoms with Crippen LogP contribution in [0.2, 0.25) is 0 Å². The molecule has 1 aromatic rings. The Labute approximate surface area is 94.9 Å². The molecular formula is C12H16N2O2. The average molecular weight is 220 g/mol. The number of hydrogen-bond acceptors (Lipinski definition) is 4. The highest BCUT2D eigenvalue weighted by Gasteiger charge is 2.22. The van der Waals surface area contributed by atoms with Gasteiger partial charge in [-0.15, -0.1) is 0 Å². The minimum Gasteiger partial charge on any atom is -0.454 e. The lowest BCUT2D eigenvalue weighted by atomic mass is 9.97. The van der Waals surface area contributed by atoms with Gasteiger partial charge in [0.15, 0.2) is 11.5 Å². The van der Waals surface area contributed by atoms with Crippen molar-refractivity contribution >= 4 is 5.69 Å². The molecule has 0 saturated carbocycles. The molecule has 2 aliphatic heterocycles. The first-order chi connectivity index (χ1) is 7.86. The molecule has 4 heteroatoms. The second-order valence-electron chi connectivity index (χ2n) is 4.30. The maximum Gasteiger partial charge on any atom is 0.231 e. The third-order valence-electron chi connectivity index (χ3n) is 3.17. The van der Waals surface area contributed by atoms with E-state index in [1.165, 1.54) is 11.3 Å². The predicted octanol–water partition coefficient (Wildman–Crippen LogP) is 1.36. The first-order valence-electron chi connectivity index (χ1n) is 5.70. The summed E-state index contributed by atoms with van der Waals surface area (Å²) in [7, 11) is 1.98. The summed E-state index contributed by atoms with van der Waals surface area (Å²) in [5.41, 5.74) is 2.52. The number of anilines is 1. The minimum absolute atomic E-state index is 0.345. The molecule has 2 aliphatic rings. The van der Waals surface area contributed by atoms with Gasteiger partial charge in [-0.25, -0.2) is 0 Å². The number of nitrogens with one attached hydrogen (secondary N) is 2. The van der Waals surface area contributed by atoms with E-state index in [0.29, 0.717) is 12.8 Å². The van der Waals surface area contributed by atoms with Gasteiger partial charge in [0.05, 0.1) is 0 Å². The molecule has 4 nitrogen and oxygen atoms in total. The molecule has 0 saturated heterocycles. The molecular weight excluding hydrogens is 204 g/mol. The topological polar surface area (TPSA) is 42.5 Å². The summed E-state index contributed by atoms with van der Waals surface area (Å²) in [5, 5.41) is 6.73. The van der Waals surface area contributed by atoms with Crippen LogP contribution in [0, 0.1) is 0 Å². The van der Waals surface area contributed by atoms with Crippen molar-refractivity contribution in [2.75, 3.05) is 25.7 Å². The van der Waals surface area contributed by atoms with Crippen LogP contribution in [0.25, 0.3) is 0 Å². The molecule has 16 heavy (non-hydrogen) atoms. The standard InChI is InChI=1S/C12H16N2O2/c1-13-6-9-3-2-8-4-11-12(16-7-15-11)5-10(8)14-9/h4-5,9,13-14H,2-3,6-7H2,1H3. The van der Waals surface area contributed by atoms with E-state index in [4.69, 9.17) is 9.47 Å². The van der Waals surface area contributed by atoms with E-state index < -0.39 is 0 Å². The monoisotopic (exact) mass is 220 g/mol. The summed E-state index contributed by atoms with van der Waals surface area (Å²) in [5.74, 6) is 1.74. The number of likely N-dealkylation sites (N-methyl/N-ethyl adjacent to an activating group) is 1. The maximum atomic E-state index is 5.38. The van der Waals surface area contributed by atoms with Crippen molar-refractivity contribution in [3.05, 3.63) is 17.7 Å². The van der Waals surface area contributed by atoms with Gasteiger partial charge in [0.1, 0.15) is 0 Å². The first kappa shape index (κ1) is 9.78. The molecule has 2 heterocycles. The summed E-state index contributed by atoms with van der Waals surface area (Å²) < 4.78 is 10.8. The van der Waals surface area contributed by atoms with Crippen molar-refractivity contribution in [3.8, 4) is 11.5 Å². The van der Waals surface area contributed by atoms with Gasteiger partial charge >= 0.3 is 0 Å². The highest BCUT2D eigenvalue weighted by Crippen LogP contribution is 2.39. The van der Waals surface area contributed by atoms with Crippen LogP contribution in [0.15, 0.2) is 12.1 Å². The fourth-order valence-electron chi connectivity index (χ4n) is 2.35. The van der Waals surface area contributed by atoms with Crippen molar-refractivity contribution in [2.45, 2.75) is 18.9 Å². The fourth-order valence-corrected chi connectivity index (χ4v) is 2.35. The largest absolute Gasteiger partial charge is 0.454 e. The van der Waals surface area contributed by atoms with Crippen LogP contribution in [0.5, 0.6) is 11.5 Å². The molecule has 0 amide bonds. The Balaban J connectivity index is 1.87. The Hall–Kier alpha value is -1.42. The van der Waals surface area contributed by atoms with Gasteiger partial charge in [-0.2, -0.15) is 0 Å². The molecule has 86 valence electrons. The molecule has 0 aliphatic carbocycles. The normalized spacial score (nSPS) is 21.4. The van der Waals surface area contributed by atoms with Gasteiger partial charge in [-0.3, -0.25) is 0 Å². The minimum atomic E-state index is 0.345. The molecule has 0 radical (unpaired) electrons. The van der Waals surface area contributed by atoms with Crippen LogP contribution in [-0.4, -0.2) is 26.4 Å². The van der Waals surface area contributed by atoms with Crippen LogP contribution in [-0.2, 0) is 6.42 Å². The number of benzene rings is 1. The molecule has 1 aromatic carbocycles. The summed E-state index contributed by atoms with van der Waals surface area (Å²) >= 11 is 0. The number of fused-ring (bicyclic) bond motifs is 2. The number of rotatable bonds is 2. The average Bonchev–Trinajstić information content (AvgIpc) is 2.73. The van der Waals surface area contributed by atoms with Crippen LogP contribution in [0.3, 0.4) is 0 Å². The third kappa shape index (κ3) is 1.59. The Morgan fingerprint density at radius 1 is 1.38 bits per heavy atom. The fraction of sp³-hybridized carbons (Fsp3) is 0.500. The summed E-state index contributed by atoms with van der Waals surface area (Å²) in [4.78, 5) is 0. The summed E-state index contributed by atoms with van der Waals surface area (Å²) in [6.45, 7) is 1.34. The first-order valence-corrected chi connectivity index (χ1v) is 5.70. The molecule has 0 bridgehead atoms. The number of ether oxygens (including phenoxy) is 2. The van der Waals surface area contributed by atoms with Crippen LogP contribution in [0.1, 0.15) is 12.0 Å². The van der Waals surface area contributed by atoms with E-state index in [2.05, 4.69) is 22.8 Å². The van der Waals surface area contributed by atoms with Crippen molar-refractivity contribution < 1.29 is 9.47 Å². The van der Waals surface area contributed by atoms with E-state index in [-0.39, 0.29) is 0 Å². The molecule has 2 N–H and O–H groups in total. The molecule has 0 spiro atoms. The van der Waals surface area contributed by atoms with Crippen molar-refractivity contribution in [2.24, 2.45) is 0 Å². The smallest absolute Gasteiger partial charge is 0.231 e. The molecule has 3 rings (SSSR count). The second kappa shape index (κ2) is 3.87. The van der Waals surface area contributed by atoms with E-state index in [1.54, 1.807) is 0 Å². The molecule has 1 unspecified atom stereocenters. The highest BCUT2D eigenvalue weighted by molar-refractivity contribution is 5.62. The SMILES string of the molecule is CNCC1CCc2cc3c(cc2N1)OCO3. The zero-order valence-electron chi connectivity index (χ0n) is 9.38. The van der Waals surface area contributed by atoms with E-state index in [9.17, 15) is 0 Å².